The number of imidazole rings is 1. The Balaban J connectivity index is 1.30. The predicted octanol–water partition coefficient (Wildman–Crippen LogP) is 3.02. The van der Waals surface area contributed by atoms with Gasteiger partial charge in [0, 0.05) is 31.6 Å². The Labute approximate surface area is 166 Å². The summed E-state index contributed by atoms with van der Waals surface area (Å²) in [6.45, 7) is 2.55. The van der Waals surface area contributed by atoms with E-state index in [0.29, 0.717) is 19.0 Å². The van der Waals surface area contributed by atoms with E-state index in [1.165, 1.54) is 45.1 Å². The molecule has 6 heteroatoms. The first-order chi connectivity index (χ1) is 13.7. The van der Waals surface area contributed by atoms with Crippen molar-refractivity contribution in [1.29, 1.82) is 0 Å². The van der Waals surface area contributed by atoms with Crippen molar-refractivity contribution in [2.24, 2.45) is 0 Å². The smallest absolute Gasteiger partial charge is 0.326 e. The van der Waals surface area contributed by atoms with Crippen molar-refractivity contribution in [3.05, 3.63) is 34.7 Å². The summed E-state index contributed by atoms with van der Waals surface area (Å²) in [5, 5.41) is 3.23. The van der Waals surface area contributed by atoms with Crippen LogP contribution in [0.1, 0.15) is 57.8 Å². The molecule has 2 aliphatic rings. The first kappa shape index (κ1) is 19.2. The second-order valence-corrected chi connectivity index (χ2v) is 8.40. The number of likely N-dealkylation sites (tertiary alicyclic amines) is 1. The topological polar surface area (TPSA) is 70.1 Å². The lowest BCUT2D eigenvalue weighted by Gasteiger charge is -2.38. The van der Waals surface area contributed by atoms with Crippen LogP contribution in [0.5, 0.6) is 0 Å². The van der Waals surface area contributed by atoms with Crippen LogP contribution in [0.2, 0.25) is 0 Å². The molecule has 28 heavy (non-hydrogen) atoms. The van der Waals surface area contributed by atoms with Gasteiger partial charge in [-0.05, 0) is 44.4 Å². The van der Waals surface area contributed by atoms with E-state index in [0.717, 1.165) is 30.4 Å². The predicted molar refractivity (Wildman–Crippen MR) is 111 cm³/mol. The summed E-state index contributed by atoms with van der Waals surface area (Å²) in [7, 11) is 0. The minimum Gasteiger partial charge on any atom is -0.352 e. The van der Waals surface area contributed by atoms with E-state index in [1.807, 2.05) is 24.3 Å². The number of carbonyl (C=O) groups excluding carboxylic acids is 1. The summed E-state index contributed by atoms with van der Waals surface area (Å²) in [6, 6.07) is 8.56. The molecule has 2 heterocycles. The number of fused-ring (bicyclic) bond motifs is 1. The fourth-order valence-electron chi connectivity index (χ4n) is 4.92. The second kappa shape index (κ2) is 8.95. The van der Waals surface area contributed by atoms with Crippen molar-refractivity contribution in [2.75, 3.05) is 13.1 Å². The highest BCUT2D eigenvalue weighted by Gasteiger charge is 2.27. The minimum atomic E-state index is -0.147. The van der Waals surface area contributed by atoms with Crippen LogP contribution in [-0.4, -0.2) is 45.5 Å². The highest BCUT2D eigenvalue weighted by molar-refractivity contribution is 5.77. The van der Waals surface area contributed by atoms with Crippen LogP contribution in [0.4, 0.5) is 0 Å². The van der Waals surface area contributed by atoms with Crippen LogP contribution in [0, 0.1) is 0 Å². The fourth-order valence-corrected chi connectivity index (χ4v) is 4.92. The molecular weight excluding hydrogens is 352 g/mol. The Kier molecular flexibility index (Phi) is 6.15. The molecule has 1 aromatic heterocycles. The van der Waals surface area contributed by atoms with Gasteiger partial charge in [-0.2, -0.15) is 0 Å². The summed E-state index contributed by atoms with van der Waals surface area (Å²) in [5.41, 5.74) is 1.53. The average molecular weight is 385 g/mol. The number of H-pyrrole nitrogens is 1. The Hall–Kier alpha value is -2.08. The molecule has 2 N–H and O–H groups in total. The van der Waals surface area contributed by atoms with Gasteiger partial charge in [-0.1, -0.05) is 37.8 Å². The summed E-state index contributed by atoms with van der Waals surface area (Å²) < 4.78 is 1.66. The van der Waals surface area contributed by atoms with Crippen LogP contribution in [0.25, 0.3) is 11.0 Å². The Morgan fingerprint density at radius 3 is 2.68 bits per heavy atom. The van der Waals surface area contributed by atoms with Gasteiger partial charge >= 0.3 is 5.69 Å². The Morgan fingerprint density at radius 1 is 1.07 bits per heavy atom. The Bertz CT molecular complexity index is 848. The first-order valence-corrected chi connectivity index (χ1v) is 10.9. The van der Waals surface area contributed by atoms with Gasteiger partial charge in [0.15, 0.2) is 0 Å². The normalized spacial score (nSPS) is 22.2. The molecule has 0 radical (unpaired) electrons. The number of aryl methyl sites for hydroxylation is 1. The van der Waals surface area contributed by atoms with Crippen LogP contribution >= 0.6 is 0 Å². The van der Waals surface area contributed by atoms with Gasteiger partial charge in [0.05, 0.1) is 11.0 Å². The number of carbonyl (C=O) groups is 1. The molecule has 4 rings (SSSR count). The zero-order valence-electron chi connectivity index (χ0n) is 16.7. The van der Waals surface area contributed by atoms with E-state index in [1.54, 1.807) is 4.57 Å². The molecule has 0 spiro atoms. The molecule has 152 valence electrons. The standard InChI is InChI=1S/C22H32N4O2/c27-21(13-15-26-20-12-6-5-11-19(20)24-22(26)28)23-17-8-7-14-25(16-17)18-9-3-1-2-4-10-18/h5-6,11-12,17-18H,1-4,7-10,13-16H2,(H,23,27)(H,24,28). The van der Waals surface area contributed by atoms with E-state index in [9.17, 15) is 9.59 Å². The molecule has 1 unspecified atom stereocenters. The third kappa shape index (κ3) is 4.49. The van der Waals surface area contributed by atoms with E-state index < -0.39 is 0 Å². The molecule has 1 aliphatic carbocycles. The van der Waals surface area contributed by atoms with Gasteiger partial charge in [0.1, 0.15) is 0 Å². The SMILES string of the molecule is O=C(CCn1c(=O)[nH]c2ccccc21)NC1CCCN(C2CCCCCC2)C1. The molecule has 1 aromatic carbocycles. The monoisotopic (exact) mass is 384 g/mol. The maximum Gasteiger partial charge on any atom is 0.326 e. The lowest BCUT2D eigenvalue weighted by molar-refractivity contribution is -0.122. The van der Waals surface area contributed by atoms with Gasteiger partial charge in [0.25, 0.3) is 0 Å². The lowest BCUT2D eigenvalue weighted by Crippen LogP contribution is -2.51. The molecular formula is C22H32N4O2. The maximum atomic E-state index is 12.5. The number of rotatable bonds is 5. The van der Waals surface area contributed by atoms with Gasteiger partial charge < -0.3 is 10.3 Å². The average Bonchev–Trinajstić information content (AvgIpc) is 2.86. The fraction of sp³-hybridized carbons (Fsp3) is 0.636. The summed E-state index contributed by atoms with van der Waals surface area (Å²) in [4.78, 5) is 30.2. The lowest BCUT2D eigenvalue weighted by atomic mass is 10.00. The Morgan fingerprint density at radius 2 is 1.86 bits per heavy atom. The molecule has 0 bridgehead atoms. The quantitative estimate of drug-likeness (QED) is 0.779. The van der Waals surface area contributed by atoms with Crippen molar-refractivity contribution >= 4 is 16.9 Å². The molecule has 6 nitrogen and oxygen atoms in total. The van der Waals surface area contributed by atoms with Gasteiger partial charge in [-0.15, -0.1) is 0 Å². The number of piperidine rings is 1. The number of nitrogens with one attached hydrogen (secondary N) is 2. The highest BCUT2D eigenvalue weighted by Crippen LogP contribution is 2.24. The van der Waals surface area contributed by atoms with Crippen molar-refractivity contribution in [1.82, 2.24) is 19.8 Å². The number of hydrogen-bond acceptors (Lipinski definition) is 3. The van der Waals surface area contributed by atoms with E-state index >= 15 is 0 Å². The van der Waals surface area contributed by atoms with Crippen molar-refractivity contribution in [3.63, 3.8) is 0 Å². The van der Waals surface area contributed by atoms with E-state index in [2.05, 4.69) is 15.2 Å². The highest BCUT2D eigenvalue weighted by atomic mass is 16.2. The molecule has 2 aromatic rings. The van der Waals surface area contributed by atoms with Crippen LogP contribution in [0.3, 0.4) is 0 Å². The maximum absolute atomic E-state index is 12.5. The molecule has 2 fully saturated rings. The third-order valence-electron chi connectivity index (χ3n) is 6.40. The second-order valence-electron chi connectivity index (χ2n) is 8.40. The molecule has 1 atom stereocenters. The number of benzene rings is 1. The first-order valence-electron chi connectivity index (χ1n) is 10.9. The third-order valence-corrected chi connectivity index (χ3v) is 6.40. The zero-order valence-corrected chi connectivity index (χ0v) is 16.7. The number of aromatic nitrogens is 2. The van der Waals surface area contributed by atoms with Crippen molar-refractivity contribution in [3.8, 4) is 0 Å². The summed E-state index contributed by atoms with van der Waals surface area (Å²) >= 11 is 0. The number of para-hydroxylation sites is 2. The molecule has 1 aliphatic heterocycles. The minimum absolute atomic E-state index is 0.0462. The van der Waals surface area contributed by atoms with Gasteiger partial charge in [-0.25, -0.2) is 4.79 Å². The van der Waals surface area contributed by atoms with E-state index in [4.69, 9.17) is 0 Å². The van der Waals surface area contributed by atoms with Crippen molar-refractivity contribution < 1.29 is 4.79 Å². The number of amides is 1. The van der Waals surface area contributed by atoms with Crippen LogP contribution in [-0.2, 0) is 11.3 Å². The molecule has 1 saturated heterocycles. The molecule has 1 amide bonds. The number of aromatic amines is 1. The number of hydrogen-bond donors (Lipinski definition) is 2. The summed E-state index contributed by atoms with van der Waals surface area (Å²) in [5.74, 6) is 0.0462. The van der Waals surface area contributed by atoms with Crippen molar-refractivity contribution in [2.45, 2.75) is 76.4 Å². The number of nitrogens with zero attached hydrogens (tertiary/aromatic N) is 2. The van der Waals surface area contributed by atoms with Gasteiger partial charge in [-0.3, -0.25) is 14.3 Å². The largest absolute Gasteiger partial charge is 0.352 e. The van der Waals surface area contributed by atoms with Gasteiger partial charge in [0.2, 0.25) is 5.91 Å². The molecule has 1 saturated carbocycles. The zero-order chi connectivity index (χ0) is 19.3. The van der Waals surface area contributed by atoms with Crippen LogP contribution < -0.4 is 11.0 Å². The van der Waals surface area contributed by atoms with Crippen LogP contribution in [0.15, 0.2) is 29.1 Å². The summed E-state index contributed by atoms with van der Waals surface area (Å²) in [6.07, 6.45) is 10.6. The van der Waals surface area contributed by atoms with E-state index in [-0.39, 0.29) is 17.6 Å².